The van der Waals surface area contributed by atoms with E-state index in [2.05, 4.69) is 15.0 Å². The number of nitrogens with zero attached hydrogens (tertiary/aromatic N) is 4. The Labute approximate surface area is 133 Å². The molecule has 3 rings (SSSR count). The Morgan fingerprint density at radius 2 is 2.14 bits per heavy atom. The second-order valence-corrected chi connectivity index (χ2v) is 5.50. The molecule has 3 heterocycles. The van der Waals surface area contributed by atoms with Gasteiger partial charge in [0.25, 0.3) is 0 Å². The van der Waals surface area contributed by atoms with Crippen LogP contribution in [0.3, 0.4) is 0 Å². The molecule has 0 spiro atoms. The van der Waals surface area contributed by atoms with Crippen molar-refractivity contribution in [1.29, 1.82) is 0 Å². The highest BCUT2D eigenvalue weighted by Crippen LogP contribution is 2.19. The number of aromatic nitrogens is 3. The molecule has 0 amide bonds. The minimum atomic E-state index is -0.305. The van der Waals surface area contributed by atoms with Crippen LogP contribution in [0.4, 0.5) is 0 Å². The highest BCUT2D eigenvalue weighted by atomic mass is 35.5. The van der Waals surface area contributed by atoms with E-state index in [0.717, 1.165) is 16.8 Å². The Kier molecular flexibility index (Phi) is 4.11. The molecule has 0 radical (unpaired) electrons. The quantitative estimate of drug-likeness (QED) is 0.622. The van der Waals surface area contributed by atoms with Crippen molar-refractivity contribution < 1.29 is 9.53 Å². The molecule has 114 valence electrons. The van der Waals surface area contributed by atoms with Crippen molar-refractivity contribution in [2.75, 3.05) is 6.61 Å². The topological polar surface area (TPSA) is 60.2 Å². The van der Waals surface area contributed by atoms with E-state index in [-0.39, 0.29) is 5.97 Å². The molecule has 2 aromatic rings. The third-order valence-corrected chi connectivity index (χ3v) is 3.57. The maximum Gasteiger partial charge on any atom is 0.333 e. The smallest absolute Gasteiger partial charge is 0.333 e. The number of pyridine rings is 1. The second-order valence-electron chi connectivity index (χ2n) is 5.11. The molecule has 0 aliphatic carbocycles. The minimum absolute atomic E-state index is 0.292. The van der Waals surface area contributed by atoms with Gasteiger partial charge in [0.05, 0.1) is 11.9 Å². The first-order chi connectivity index (χ1) is 10.6. The molecule has 0 atom stereocenters. The van der Waals surface area contributed by atoms with Crippen molar-refractivity contribution in [3.8, 4) is 0 Å². The molecule has 1 aliphatic rings. The average Bonchev–Trinajstić information content (AvgIpc) is 3.09. The Hall–Kier alpha value is -2.34. The van der Waals surface area contributed by atoms with Crippen LogP contribution in [0.5, 0.6) is 0 Å². The predicted octanol–water partition coefficient (Wildman–Crippen LogP) is 1.91. The van der Waals surface area contributed by atoms with Gasteiger partial charge in [0.15, 0.2) is 0 Å². The highest BCUT2D eigenvalue weighted by molar-refractivity contribution is 6.29. The van der Waals surface area contributed by atoms with E-state index in [1.54, 1.807) is 16.9 Å². The molecule has 2 aromatic heterocycles. The van der Waals surface area contributed by atoms with Crippen LogP contribution in [-0.4, -0.2) is 32.2 Å². The van der Waals surface area contributed by atoms with Crippen molar-refractivity contribution in [2.24, 2.45) is 7.05 Å². The van der Waals surface area contributed by atoms with Gasteiger partial charge in [-0.2, -0.15) is 5.10 Å². The third kappa shape index (κ3) is 3.46. The van der Waals surface area contributed by atoms with E-state index >= 15 is 0 Å². The molecule has 0 saturated carbocycles. The lowest BCUT2D eigenvalue weighted by Crippen LogP contribution is -2.23. The predicted molar refractivity (Wildman–Crippen MR) is 80.7 cm³/mol. The molecule has 0 bridgehead atoms. The lowest BCUT2D eigenvalue weighted by molar-refractivity contribution is -0.135. The van der Waals surface area contributed by atoms with Gasteiger partial charge in [0.2, 0.25) is 0 Å². The summed E-state index contributed by atoms with van der Waals surface area (Å²) >= 11 is 5.82. The van der Waals surface area contributed by atoms with Gasteiger partial charge in [-0.05, 0) is 11.6 Å². The first kappa shape index (κ1) is 14.6. The molecule has 0 aromatic carbocycles. The third-order valence-electron chi connectivity index (χ3n) is 3.35. The lowest BCUT2D eigenvalue weighted by Gasteiger charge is -2.24. The molecule has 0 N–H and O–H groups in total. The summed E-state index contributed by atoms with van der Waals surface area (Å²) in [6, 6.07) is 3.67. The summed E-state index contributed by atoms with van der Waals surface area (Å²) in [6.45, 7) is 1.54. The summed E-state index contributed by atoms with van der Waals surface area (Å²) in [7, 11) is 1.87. The summed E-state index contributed by atoms with van der Waals surface area (Å²) in [5.74, 6) is -0.305. The fourth-order valence-electron chi connectivity index (χ4n) is 2.30. The van der Waals surface area contributed by atoms with Crippen molar-refractivity contribution in [3.05, 3.63) is 58.8 Å². The molecule has 0 saturated heterocycles. The van der Waals surface area contributed by atoms with Crippen LogP contribution in [0.25, 0.3) is 0 Å². The number of ether oxygens (including phenoxy) is 1. The highest BCUT2D eigenvalue weighted by Gasteiger charge is 2.20. The minimum Gasteiger partial charge on any atom is -0.456 e. The molecule has 1 aliphatic heterocycles. The van der Waals surface area contributed by atoms with E-state index in [4.69, 9.17) is 16.3 Å². The van der Waals surface area contributed by atoms with E-state index in [0.29, 0.717) is 24.8 Å². The molecule has 6 nitrogen and oxygen atoms in total. The Balaban J connectivity index is 1.80. The number of hydrogen-bond donors (Lipinski definition) is 0. The van der Waals surface area contributed by atoms with E-state index in [1.807, 2.05) is 25.5 Å². The Morgan fingerprint density at radius 3 is 2.73 bits per heavy atom. The average molecular weight is 319 g/mol. The largest absolute Gasteiger partial charge is 0.456 e. The zero-order valence-electron chi connectivity index (χ0n) is 12.1. The molecular formula is C15H15ClN4O2. The zero-order chi connectivity index (χ0) is 15.5. The molecule has 0 unspecified atom stereocenters. The normalized spacial score (nSPS) is 13.9. The van der Waals surface area contributed by atoms with Crippen molar-refractivity contribution >= 4 is 17.6 Å². The van der Waals surface area contributed by atoms with Gasteiger partial charge in [-0.25, -0.2) is 9.78 Å². The number of carbonyl (C=O) groups is 1. The van der Waals surface area contributed by atoms with Gasteiger partial charge >= 0.3 is 5.97 Å². The van der Waals surface area contributed by atoms with Crippen LogP contribution in [0.1, 0.15) is 11.1 Å². The van der Waals surface area contributed by atoms with Gasteiger partial charge < -0.3 is 9.64 Å². The lowest BCUT2D eigenvalue weighted by atomic mass is 10.2. The number of carbonyl (C=O) groups excluding carboxylic acids is 1. The number of cyclic esters (lactones) is 1. The number of hydrogen-bond acceptors (Lipinski definition) is 5. The van der Waals surface area contributed by atoms with Crippen molar-refractivity contribution in [2.45, 2.75) is 13.1 Å². The number of rotatable bonds is 5. The molecular weight excluding hydrogens is 304 g/mol. The van der Waals surface area contributed by atoms with Crippen LogP contribution in [0.2, 0.25) is 5.15 Å². The van der Waals surface area contributed by atoms with Gasteiger partial charge in [0.1, 0.15) is 11.8 Å². The molecule has 0 fully saturated rings. The first-order valence-corrected chi connectivity index (χ1v) is 7.18. The number of aryl methyl sites for hydroxylation is 1. The summed E-state index contributed by atoms with van der Waals surface area (Å²) in [6.07, 6.45) is 7.02. The summed E-state index contributed by atoms with van der Waals surface area (Å²) in [5, 5.41) is 4.63. The Bertz CT molecular complexity index is 709. The van der Waals surface area contributed by atoms with Gasteiger partial charge in [-0.1, -0.05) is 17.7 Å². The van der Waals surface area contributed by atoms with Gasteiger partial charge in [-0.3, -0.25) is 4.68 Å². The first-order valence-electron chi connectivity index (χ1n) is 6.80. The molecule has 22 heavy (non-hydrogen) atoms. The summed E-state index contributed by atoms with van der Waals surface area (Å²) < 4.78 is 6.77. The van der Waals surface area contributed by atoms with Gasteiger partial charge in [0, 0.05) is 44.2 Å². The summed E-state index contributed by atoms with van der Waals surface area (Å²) in [5.41, 5.74) is 2.92. The number of esters is 1. The zero-order valence-corrected chi connectivity index (χ0v) is 12.8. The van der Waals surface area contributed by atoms with Gasteiger partial charge in [-0.15, -0.1) is 0 Å². The monoisotopic (exact) mass is 318 g/mol. The van der Waals surface area contributed by atoms with Crippen molar-refractivity contribution in [1.82, 2.24) is 19.7 Å². The molecule has 7 heteroatoms. The second kappa shape index (κ2) is 6.19. The summed E-state index contributed by atoms with van der Waals surface area (Å²) in [4.78, 5) is 17.5. The Morgan fingerprint density at radius 1 is 1.32 bits per heavy atom. The van der Waals surface area contributed by atoms with Crippen LogP contribution in [0.15, 0.2) is 42.5 Å². The van der Waals surface area contributed by atoms with E-state index < -0.39 is 0 Å². The van der Waals surface area contributed by atoms with Crippen LogP contribution < -0.4 is 0 Å². The van der Waals surface area contributed by atoms with Crippen LogP contribution >= 0.6 is 11.6 Å². The van der Waals surface area contributed by atoms with Crippen LogP contribution in [-0.2, 0) is 29.7 Å². The van der Waals surface area contributed by atoms with E-state index in [9.17, 15) is 4.79 Å². The van der Waals surface area contributed by atoms with E-state index in [1.165, 1.54) is 6.08 Å². The standard InChI is InChI=1S/C15H15ClN4O2/c1-19-7-12(6-18-19)9-20(13-4-15(21)22-10-13)8-11-2-3-14(16)17-5-11/h2-7H,8-10H2,1H3. The SMILES string of the molecule is Cn1cc(CN(Cc2ccc(Cl)nc2)C2=CC(=O)OC2)cn1. The maximum atomic E-state index is 11.3. The van der Waals surface area contributed by atoms with Crippen LogP contribution in [0, 0.1) is 0 Å². The fraction of sp³-hybridized carbons (Fsp3) is 0.267. The number of halogens is 1. The maximum absolute atomic E-state index is 11.3. The van der Waals surface area contributed by atoms with Crippen molar-refractivity contribution in [3.63, 3.8) is 0 Å². The fourth-order valence-corrected chi connectivity index (χ4v) is 2.41.